The molecule has 1 atom stereocenters. The van der Waals surface area contributed by atoms with Gasteiger partial charge in [0.2, 0.25) is 0 Å². The molecule has 0 aliphatic rings. The van der Waals surface area contributed by atoms with Crippen LogP contribution in [0.4, 0.5) is 0 Å². The highest BCUT2D eigenvalue weighted by molar-refractivity contribution is 5.18. The molecule has 0 aromatic carbocycles. The van der Waals surface area contributed by atoms with E-state index >= 15 is 0 Å². The molecule has 3 heteroatoms. The summed E-state index contributed by atoms with van der Waals surface area (Å²) in [7, 11) is 1.96. The van der Waals surface area contributed by atoms with Crippen LogP contribution in [0, 0.1) is 0 Å². The number of nitrogens with two attached hydrogens (primary N) is 1. The fourth-order valence-corrected chi connectivity index (χ4v) is 1.48. The Bertz CT molecular complexity index is 265. The van der Waals surface area contributed by atoms with Gasteiger partial charge in [-0.25, -0.2) is 0 Å². The molecule has 2 N–H and O–H groups in total. The maximum Gasteiger partial charge on any atom is 0.0654 e. The van der Waals surface area contributed by atoms with Crippen LogP contribution in [-0.4, -0.2) is 15.8 Å². The first-order chi connectivity index (χ1) is 6.17. The molecule has 1 aromatic rings. The van der Waals surface area contributed by atoms with Crippen molar-refractivity contribution in [3.05, 3.63) is 17.5 Å². The number of rotatable bonds is 4. The monoisotopic (exact) mass is 181 g/mol. The van der Waals surface area contributed by atoms with E-state index in [1.54, 1.807) is 0 Å². The van der Waals surface area contributed by atoms with Crippen molar-refractivity contribution >= 4 is 0 Å². The van der Waals surface area contributed by atoms with E-state index in [0.29, 0.717) is 0 Å². The summed E-state index contributed by atoms with van der Waals surface area (Å²) in [5.74, 6) is 0. The van der Waals surface area contributed by atoms with E-state index in [-0.39, 0.29) is 6.04 Å². The van der Waals surface area contributed by atoms with Gasteiger partial charge in [-0.1, -0.05) is 13.8 Å². The van der Waals surface area contributed by atoms with Crippen LogP contribution in [0.5, 0.6) is 0 Å². The van der Waals surface area contributed by atoms with Crippen LogP contribution in [0.15, 0.2) is 6.20 Å². The average molecular weight is 181 g/mol. The summed E-state index contributed by atoms with van der Waals surface area (Å²) in [5.41, 5.74) is 8.39. The molecule has 1 rings (SSSR count). The van der Waals surface area contributed by atoms with Crippen molar-refractivity contribution in [3.8, 4) is 0 Å². The number of hydrogen-bond donors (Lipinski definition) is 1. The predicted octanol–water partition coefficient (Wildman–Crippen LogP) is 1.26. The molecule has 0 aliphatic heterocycles. The van der Waals surface area contributed by atoms with Gasteiger partial charge < -0.3 is 5.73 Å². The van der Waals surface area contributed by atoms with Crippen molar-refractivity contribution in [1.82, 2.24) is 9.78 Å². The van der Waals surface area contributed by atoms with Gasteiger partial charge >= 0.3 is 0 Å². The fourth-order valence-electron chi connectivity index (χ4n) is 1.48. The lowest BCUT2D eigenvalue weighted by molar-refractivity contribution is 0.643. The lowest BCUT2D eigenvalue weighted by Crippen LogP contribution is -2.21. The molecule has 1 aromatic heterocycles. The molecule has 0 bridgehead atoms. The molecule has 0 aliphatic carbocycles. The van der Waals surface area contributed by atoms with Crippen molar-refractivity contribution in [1.29, 1.82) is 0 Å². The molecule has 0 fully saturated rings. The summed E-state index contributed by atoms with van der Waals surface area (Å²) in [5, 5.41) is 4.38. The number of nitrogens with zero attached hydrogens (tertiary/aromatic N) is 2. The molecule has 0 saturated carbocycles. The van der Waals surface area contributed by atoms with Gasteiger partial charge in [-0.3, -0.25) is 4.68 Å². The van der Waals surface area contributed by atoms with Crippen LogP contribution >= 0.6 is 0 Å². The van der Waals surface area contributed by atoms with Gasteiger partial charge in [-0.15, -0.1) is 0 Å². The quantitative estimate of drug-likeness (QED) is 0.760. The van der Waals surface area contributed by atoms with Crippen molar-refractivity contribution in [2.45, 2.75) is 39.2 Å². The van der Waals surface area contributed by atoms with E-state index in [1.165, 1.54) is 11.3 Å². The molecule has 0 spiro atoms. The summed E-state index contributed by atoms with van der Waals surface area (Å²) >= 11 is 0. The normalized spacial score (nSPS) is 13.2. The topological polar surface area (TPSA) is 43.8 Å². The van der Waals surface area contributed by atoms with Crippen molar-refractivity contribution < 1.29 is 0 Å². The minimum atomic E-state index is 0.273. The molecule has 13 heavy (non-hydrogen) atoms. The Kier molecular flexibility index (Phi) is 3.48. The first kappa shape index (κ1) is 10.3. The zero-order valence-corrected chi connectivity index (χ0v) is 8.75. The van der Waals surface area contributed by atoms with Crippen molar-refractivity contribution in [2.24, 2.45) is 12.8 Å². The largest absolute Gasteiger partial charge is 0.327 e. The van der Waals surface area contributed by atoms with E-state index in [1.807, 2.05) is 11.7 Å². The predicted molar refractivity (Wildman–Crippen MR) is 54.6 cm³/mol. The Morgan fingerprint density at radius 1 is 1.54 bits per heavy atom. The Labute approximate surface area is 79.9 Å². The van der Waals surface area contributed by atoms with Gasteiger partial charge in [0.1, 0.15) is 0 Å². The Morgan fingerprint density at radius 2 is 2.23 bits per heavy atom. The Balaban J connectivity index is 2.74. The lowest BCUT2D eigenvalue weighted by atomic mass is 10.0. The molecule has 1 heterocycles. The lowest BCUT2D eigenvalue weighted by Gasteiger charge is -2.06. The molecule has 0 amide bonds. The molecule has 3 nitrogen and oxygen atoms in total. The first-order valence-corrected chi connectivity index (χ1v) is 4.94. The highest BCUT2D eigenvalue weighted by Crippen LogP contribution is 2.10. The summed E-state index contributed by atoms with van der Waals surface area (Å²) in [6.45, 7) is 4.25. The van der Waals surface area contributed by atoms with E-state index in [9.17, 15) is 0 Å². The van der Waals surface area contributed by atoms with Gasteiger partial charge in [0.15, 0.2) is 0 Å². The number of hydrogen-bond acceptors (Lipinski definition) is 2. The first-order valence-electron chi connectivity index (χ1n) is 4.94. The van der Waals surface area contributed by atoms with Crippen LogP contribution in [0.3, 0.4) is 0 Å². The summed E-state index contributed by atoms with van der Waals surface area (Å²) in [6, 6.07) is 0.273. The standard InChI is InChI=1S/C10H19N3/c1-4-9(11)6-8-7-13(3)12-10(8)5-2/h7,9H,4-6,11H2,1-3H3. The second-order valence-electron chi connectivity index (χ2n) is 3.50. The van der Waals surface area contributed by atoms with Gasteiger partial charge in [0.25, 0.3) is 0 Å². The number of aryl methyl sites for hydroxylation is 2. The maximum atomic E-state index is 5.90. The highest BCUT2D eigenvalue weighted by Gasteiger charge is 2.08. The minimum absolute atomic E-state index is 0.273. The van der Waals surface area contributed by atoms with Gasteiger partial charge in [0.05, 0.1) is 5.69 Å². The highest BCUT2D eigenvalue weighted by atomic mass is 15.2. The third kappa shape index (κ3) is 2.56. The van der Waals surface area contributed by atoms with Crippen LogP contribution in [0.2, 0.25) is 0 Å². The van der Waals surface area contributed by atoms with Gasteiger partial charge in [-0.2, -0.15) is 5.10 Å². The van der Waals surface area contributed by atoms with Crippen LogP contribution < -0.4 is 5.73 Å². The fraction of sp³-hybridized carbons (Fsp3) is 0.700. The third-order valence-electron chi connectivity index (χ3n) is 2.33. The van der Waals surface area contributed by atoms with Gasteiger partial charge in [0, 0.05) is 19.3 Å². The molecule has 0 radical (unpaired) electrons. The van der Waals surface area contributed by atoms with Crippen LogP contribution in [0.25, 0.3) is 0 Å². The smallest absolute Gasteiger partial charge is 0.0654 e. The summed E-state index contributed by atoms with van der Waals surface area (Å²) in [6.07, 6.45) is 5.05. The zero-order valence-electron chi connectivity index (χ0n) is 8.75. The summed E-state index contributed by atoms with van der Waals surface area (Å²) in [4.78, 5) is 0. The molecular weight excluding hydrogens is 162 g/mol. The maximum absolute atomic E-state index is 5.90. The van der Waals surface area contributed by atoms with Crippen molar-refractivity contribution in [2.75, 3.05) is 0 Å². The SMILES string of the molecule is CCc1nn(C)cc1CC(N)CC. The zero-order chi connectivity index (χ0) is 9.84. The van der Waals surface area contributed by atoms with E-state index in [4.69, 9.17) is 5.73 Å². The van der Waals surface area contributed by atoms with Gasteiger partial charge in [-0.05, 0) is 24.8 Å². The van der Waals surface area contributed by atoms with Crippen LogP contribution in [0.1, 0.15) is 31.5 Å². The van der Waals surface area contributed by atoms with E-state index < -0.39 is 0 Å². The second-order valence-corrected chi connectivity index (χ2v) is 3.50. The summed E-state index contributed by atoms with van der Waals surface area (Å²) < 4.78 is 1.87. The molecule has 0 saturated heterocycles. The third-order valence-corrected chi connectivity index (χ3v) is 2.33. The van der Waals surface area contributed by atoms with E-state index in [2.05, 4.69) is 25.1 Å². The second kappa shape index (κ2) is 4.42. The molecule has 74 valence electrons. The molecular formula is C10H19N3. The van der Waals surface area contributed by atoms with Crippen molar-refractivity contribution in [3.63, 3.8) is 0 Å². The number of aromatic nitrogens is 2. The van der Waals surface area contributed by atoms with Crippen LogP contribution in [-0.2, 0) is 19.9 Å². The average Bonchev–Trinajstić information content (AvgIpc) is 2.46. The Morgan fingerprint density at radius 3 is 2.77 bits per heavy atom. The molecule has 1 unspecified atom stereocenters. The minimum Gasteiger partial charge on any atom is -0.327 e. The van der Waals surface area contributed by atoms with E-state index in [0.717, 1.165) is 19.3 Å². The Hall–Kier alpha value is -0.830.